The third kappa shape index (κ3) is 7.42. The number of hydrogen-bond donors (Lipinski definition) is 4. The van der Waals surface area contributed by atoms with Gasteiger partial charge in [-0.3, -0.25) is 4.79 Å². The van der Waals surface area contributed by atoms with Gasteiger partial charge in [0.2, 0.25) is 0 Å². The smallest absolute Gasteiger partial charge is 0.323 e. The van der Waals surface area contributed by atoms with Crippen molar-refractivity contribution in [3.8, 4) is 17.2 Å². The summed E-state index contributed by atoms with van der Waals surface area (Å²) in [5, 5.41) is 29.8. The minimum absolute atomic E-state index is 0.0795. The van der Waals surface area contributed by atoms with Crippen molar-refractivity contribution in [3.63, 3.8) is 0 Å². The fourth-order valence-corrected chi connectivity index (χ4v) is 3.72. The van der Waals surface area contributed by atoms with Crippen LogP contribution < -0.4 is 15.4 Å². The van der Waals surface area contributed by atoms with Crippen molar-refractivity contribution in [1.29, 1.82) is 0 Å². The summed E-state index contributed by atoms with van der Waals surface area (Å²) in [5.74, 6) is -0.889. The van der Waals surface area contributed by atoms with E-state index in [4.69, 9.17) is 32.9 Å². The Kier molecular flexibility index (Phi) is 8.70. The summed E-state index contributed by atoms with van der Waals surface area (Å²) in [5.41, 5.74) is 6.92. The van der Waals surface area contributed by atoms with Crippen LogP contribution in [0.2, 0.25) is 0 Å². The number of phenolic OH excluding ortho intramolecular Hbond substituents is 2. The number of carboxylic acid groups (broad SMARTS) is 1. The van der Waals surface area contributed by atoms with Crippen molar-refractivity contribution in [3.05, 3.63) is 96.1 Å². The number of hydrogen-bond acceptors (Lipinski definition) is 6. The van der Waals surface area contributed by atoms with Crippen molar-refractivity contribution in [2.45, 2.75) is 25.8 Å². The number of aliphatic carboxylic acids is 1. The van der Waals surface area contributed by atoms with Crippen LogP contribution in [0.25, 0.3) is 10.8 Å². The van der Waals surface area contributed by atoms with E-state index in [-0.39, 0.29) is 17.9 Å². The van der Waals surface area contributed by atoms with Crippen molar-refractivity contribution in [2.75, 3.05) is 11.9 Å². The van der Waals surface area contributed by atoms with Gasteiger partial charge in [-0.15, -0.1) is 0 Å². The van der Waals surface area contributed by atoms with E-state index >= 15 is 0 Å². The summed E-state index contributed by atoms with van der Waals surface area (Å²) in [7, 11) is 1.91. The van der Waals surface area contributed by atoms with Gasteiger partial charge in [-0.25, -0.2) is 0 Å². The van der Waals surface area contributed by atoms with Crippen LogP contribution in [-0.2, 0) is 11.2 Å². The predicted octanol–water partition coefficient (Wildman–Crippen LogP) is 5.39. The molecule has 37 heavy (non-hydrogen) atoms. The normalized spacial score (nSPS) is 12.1. The maximum Gasteiger partial charge on any atom is 0.323 e. The number of thiocarbonyl (C=S) groups is 1. The average Bonchev–Trinajstić information content (AvgIpc) is 2.86. The van der Waals surface area contributed by atoms with Gasteiger partial charge in [0.05, 0.1) is 0 Å². The Labute approximate surface area is 221 Å². The van der Waals surface area contributed by atoms with Crippen LogP contribution in [0.5, 0.6) is 17.2 Å². The van der Waals surface area contributed by atoms with Crippen LogP contribution >= 0.6 is 12.2 Å². The van der Waals surface area contributed by atoms with Gasteiger partial charge in [-0.05, 0) is 84.4 Å². The molecule has 0 radical (unpaired) electrons. The van der Waals surface area contributed by atoms with Gasteiger partial charge < -0.3 is 30.7 Å². The molecule has 0 fully saturated rings. The maximum atomic E-state index is 10.7. The molecule has 5 N–H and O–H groups in total. The number of ether oxygens (including phenoxy) is 1. The van der Waals surface area contributed by atoms with Crippen LogP contribution in [0.4, 0.5) is 5.69 Å². The number of carboxylic acids is 1. The highest BCUT2D eigenvalue weighted by molar-refractivity contribution is 7.80. The zero-order valence-corrected chi connectivity index (χ0v) is 21.7. The zero-order valence-electron chi connectivity index (χ0n) is 20.9. The minimum Gasteiger partial charge on any atom is -0.504 e. The van der Waals surface area contributed by atoms with E-state index in [9.17, 15) is 9.90 Å². The van der Waals surface area contributed by atoms with E-state index in [0.29, 0.717) is 10.7 Å². The number of carbonyl (C=O) groups is 1. The van der Waals surface area contributed by atoms with Gasteiger partial charge >= 0.3 is 5.97 Å². The molecule has 4 aromatic rings. The molecule has 0 bridgehead atoms. The molecule has 0 aliphatic heterocycles. The number of fused-ring (bicyclic) bond motifs is 1. The van der Waals surface area contributed by atoms with E-state index in [1.54, 1.807) is 0 Å². The molecule has 4 aromatic carbocycles. The second-order valence-corrected chi connectivity index (χ2v) is 9.35. The van der Waals surface area contributed by atoms with Gasteiger partial charge in [0.25, 0.3) is 5.17 Å². The van der Waals surface area contributed by atoms with Crippen LogP contribution in [0.1, 0.15) is 18.1 Å². The molecule has 0 saturated carbocycles. The number of rotatable bonds is 5. The summed E-state index contributed by atoms with van der Waals surface area (Å²) in [6.07, 6.45) is 0.0795. The molecule has 0 spiro atoms. The van der Waals surface area contributed by atoms with Crippen LogP contribution in [0.3, 0.4) is 0 Å². The summed E-state index contributed by atoms with van der Waals surface area (Å²) in [6.45, 7) is 3.45. The molecule has 0 saturated heterocycles. The highest BCUT2D eigenvalue weighted by Gasteiger charge is 2.28. The Morgan fingerprint density at radius 3 is 2.30 bits per heavy atom. The lowest BCUT2D eigenvalue weighted by Gasteiger charge is -2.20. The predicted molar refractivity (Wildman–Crippen MR) is 150 cm³/mol. The molecule has 0 aliphatic rings. The lowest BCUT2D eigenvalue weighted by molar-refractivity contribution is -0.142. The summed E-state index contributed by atoms with van der Waals surface area (Å²) in [4.78, 5) is 12.6. The lowest BCUT2D eigenvalue weighted by Crippen LogP contribution is -2.46. The van der Waals surface area contributed by atoms with Gasteiger partial charge in [0.1, 0.15) is 11.3 Å². The van der Waals surface area contributed by atoms with Gasteiger partial charge in [0.15, 0.2) is 11.5 Å². The van der Waals surface area contributed by atoms with Gasteiger partial charge in [-0.1, -0.05) is 48.5 Å². The Hall–Kier alpha value is -4.14. The average molecular weight is 519 g/mol. The summed E-state index contributed by atoms with van der Waals surface area (Å²) in [6, 6.07) is 26.5. The van der Waals surface area contributed by atoms with Crippen molar-refractivity contribution < 1.29 is 24.9 Å². The van der Waals surface area contributed by atoms with Gasteiger partial charge in [-0.2, -0.15) is 0 Å². The highest BCUT2D eigenvalue weighted by Crippen LogP contribution is 2.26. The van der Waals surface area contributed by atoms with E-state index in [1.807, 2.05) is 54.4 Å². The number of anilines is 1. The SMILES string of the molecule is CC(N)(Cc1ccc(O)c(O)c1)C(=O)O.Cc1cccc(N(C)C(=S)Oc2ccc3ccccc3c2)c1. The number of aromatic hydroxyl groups is 2. The molecule has 0 amide bonds. The number of aryl methyl sites for hydroxylation is 1. The molecule has 8 heteroatoms. The fourth-order valence-electron chi connectivity index (χ4n) is 3.52. The molecule has 1 unspecified atom stereocenters. The van der Waals surface area contributed by atoms with Crippen molar-refractivity contribution in [1.82, 2.24) is 0 Å². The monoisotopic (exact) mass is 518 g/mol. The van der Waals surface area contributed by atoms with Crippen molar-refractivity contribution >= 4 is 39.8 Å². The molecule has 192 valence electrons. The quantitative estimate of drug-likeness (QED) is 0.205. The van der Waals surface area contributed by atoms with E-state index < -0.39 is 11.5 Å². The molecular formula is C29H30N2O5S. The third-order valence-corrected chi connectivity index (χ3v) is 6.05. The highest BCUT2D eigenvalue weighted by atomic mass is 32.1. The second kappa shape index (κ2) is 11.7. The molecule has 0 aromatic heterocycles. The molecule has 0 aliphatic carbocycles. The largest absolute Gasteiger partial charge is 0.504 e. The second-order valence-electron chi connectivity index (χ2n) is 9.00. The first kappa shape index (κ1) is 27.4. The number of nitrogens with two attached hydrogens (primary N) is 1. The Balaban J connectivity index is 0.000000222. The van der Waals surface area contributed by atoms with Crippen LogP contribution in [0, 0.1) is 6.92 Å². The zero-order chi connectivity index (χ0) is 27.2. The van der Waals surface area contributed by atoms with E-state index in [2.05, 4.69) is 31.2 Å². The van der Waals surface area contributed by atoms with Crippen LogP contribution in [-0.4, -0.2) is 39.1 Å². The molecular weight excluding hydrogens is 488 g/mol. The number of benzene rings is 4. The standard InChI is InChI=1S/C19H17NOS.C10H13NO4/c1-14-6-5-9-17(12-14)20(2)19(22)21-18-11-10-15-7-3-4-8-16(15)13-18;1-10(11,9(14)15)5-6-2-3-7(12)8(13)4-6/h3-13H,1-2H3;2-4,12-13H,5,11H2,1H3,(H,14,15). The first-order valence-electron chi connectivity index (χ1n) is 11.5. The molecule has 4 rings (SSSR count). The van der Waals surface area contributed by atoms with Gasteiger partial charge in [0, 0.05) is 19.2 Å². The maximum absolute atomic E-state index is 10.7. The third-order valence-electron chi connectivity index (χ3n) is 5.69. The number of phenols is 2. The molecule has 7 nitrogen and oxygen atoms in total. The first-order valence-corrected chi connectivity index (χ1v) is 11.9. The topological polar surface area (TPSA) is 116 Å². The Morgan fingerprint density at radius 2 is 1.65 bits per heavy atom. The summed E-state index contributed by atoms with van der Waals surface area (Å²) < 4.78 is 5.84. The van der Waals surface area contributed by atoms with E-state index in [0.717, 1.165) is 16.8 Å². The van der Waals surface area contributed by atoms with Crippen LogP contribution in [0.15, 0.2) is 84.9 Å². The minimum atomic E-state index is -1.39. The molecule has 1 atom stereocenters. The first-order chi connectivity index (χ1) is 17.5. The van der Waals surface area contributed by atoms with Crippen molar-refractivity contribution in [2.24, 2.45) is 5.73 Å². The number of nitrogens with zero attached hydrogens (tertiary/aromatic N) is 1. The Bertz CT molecular complexity index is 1420. The van der Waals surface area contributed by atoms with E-state index in [1.165, 1.54) is 36.1 Å². The fraction of sp³-hybridized carbons (Fsp3) is 0.172. The molecule has 0 heterocycles. The Morgan fingerprint density at radius 1 is 0.946 bits per heavy atom. The lowest BCUT2D eigenvalue weighted by atomic mass is 9.94. The summed E-state index contributed by atoms with van der Waals surface area (Å²) >= 11 is 5.41.